The number of ether oxygens (including phenoxy) is 6. The molecule has 12 N–H and O–H groups in total. The van der Waals surface area contributed by atoms with Gasteiger partial charge in [0.05, 0.1) is 38.6 Å². The Kier molecular flexibility index (Phi) is 52.3. The Morgan fingerprint density at radius 3 is 1.12 bits per heavy atom. The van der Waals surface area contributed by atoms with Gasteiger partial charge in [-0.25, -0.2) is 0 Å². The van der Waals surface area contributed by atoms with E-state index in [1.54, 1.807) is 0 Å². The highest BCUT2D eigenvalue weighted by molar-refractivity contribution is 5.76. The summed E-state index contributed by atoms with van der Waals surface area (Å²) in [6.07, 6.45) is 47.9. The molecule has 3 rings (SSSR count). The van der Waals surface area contributed by atoms with Gasteiger partial charge in [0.15, 0.2) is 18.9 Å². The molecule has 3 fully saturated rings. The zero-order valence-corrected chi connectivity index (χ0v) is 59.1. The number of aliphatic hydroxyl groups is 11. The highest BCUT2D eigenvalue weighted by atomic mass is 16.8. The third-order valence-electron chi connectivity index (χ3n) is 18.5. The summed E-state index contributed by atoms with van der Waals surface area (Å²) in [5.74, 6) is -0.255. The zero-order chi connectivity index (χ0) is 69.6. The summed E-state index contributed by atoms with van der Waals surface area (Å²) in [7, 11) is 0. The van der Waals surface area contributed by atoms with Crippen LogP contribution in [0.2, 0.25) is 0 Å². The summed E-state index contributed by atoms with van der Waals surface area (Å²) >= 11 is 0. The molecule has 0 spiro atoms. The fourth-order valence-corrected chi connectivity index (χ4v) is 12.4. The van der Waals surface area contributed by atoms with E-state index in [1.807, 2.05) is 0 Å². The van der Waals surface area contributed by atoms with E-state index in [0.717, 1.165) is 116 Å². The standard InChI is InChI=1S/C77H135NO18/c1-3-5-7-9-11-13-15-17-19-21-23-25-27-28-29-30-31-32-33-35-37-39-41-43-45-47-49-51-53-55-65(83)78-60(61(82)54-52-50-48-46-44-42-40-38-36-34-26-24-22-20-18-16-14-12-10-8-6-4-2)59-91-75-71(89)68(86)73(63(57-80)93-75)96-77-72(90)69(87)74(64(58-81)94-77)95-76-70(88)67(85)66(84)62(56-79)92-76/h5,7,11,13,17,19,23,25,28-29,31-32,35,37,60-64,66-77,79-82,84-90H,3-4,6,8-10,12,14-16,18,20-22,24,26-27,30,33-34,36,38-59H2,1-2H3,(H,78,83)/b7-5-,13-11-,19-17-,25-23-,29-28-,32-31-,37-35-. The van der Waals surface area contributed by atoms with Gasteiger partial charge in [-0.15, -0.1) is 0 Å². The third kappa shape index (κ3) is 38.1. The molecule has 3 aliphatic rings. The van der Waals surface area contributed by atoms with Crippen molar-refractivity contribution in [3.05, 3.63) is 85.1 Å². The Labute approximate surface area is 578 Å². The molecule has 0 bridgehead atoms. The van der Waals surface area contributed by atoms with Gasteiger partial charge in [0.25, 0.3) is 0 Å². The van der Waals surface area contributed by atoms with Crippen LogP contribution in [-0.2, 0) is 33.2 Å². The van der Waals surface area contributed by atoms with Crippen molar-refractivity contribution in [1.82, 2.24) is 5.32 Å². The lowest BCUT2D eigenvalue weighted by Crippen LogP contribution is -2.66. The molecule has 0 aromatic heterocycles. The minimum absolute atomic E-state index is 0.249. The molecule has 0 aromatic carbocycles. The van der Waals surface area contributed by atoms with Crippen molar-refractivity contribution in [2.75, 3.05) is 26.4 Å². The molecule has 556 valence electrons. The highest BCUT2D eigenvalue weighted by Gasteiger charge is 2.53. The number of carbonyl (C=O) groups is 1. The SMILES string of the molecule is CC/C=C\C/C=C\C/C=C\C/C=C\C/C=C\C/C=C\C/C=C\CCCCCCCCCC(=O)NC(COC1OC(CO)C(OC2OC(CO)C(OC3OC(CO)C(O)C(O)C3O)C(O)C2O)C(O)C1O)C(O)CCCCCCCCCCCCCCCCCCCCCCCC. The summed E-state index contributed by atoms with van der Waals surface area (Å²) < 4.78 is 34.5. The van der Waals surface area contributed by atoms with Crippen molar-refractivity contribution in [1.29, 1.82) is 0 Å². The molecule has 19 nitrogen and oxygen atoms in total. The molecule has 0 aliphatic carbocycles. The quantitative estimate of drug-likeness (QED) is 0.0199. The number of rotatable bonds is 58. The molecule has 1 amide bonds. The molecule has 0 aromatic rings. The van der Waals surface area contributed by atoms with Crippen LogP contribution in [-0.4, -0.2) is 193 Å². The lowest BCUT2D eigenvalue weighted by molar-refractivity contribution is -0.379. The maximum Gasteiger partial charge on any atom is 0.220 e. The van der Waals surface area contributed by atoms with Gasteiger partial charge < -0.3 is 89.9 Å². The number of amides is 1. The number of aliphatic hydroxyl groups excluding tert-OH is 11. The van der Waals surface area contributed by atoms with Gasteiger partial charge in [-0.2, -0.15) is 0 Å². The first kappa shape index (κ1) is 87.2. The minimum Gasteiger partial charge on any atom is -0.394 e. The van der Waals surface area contributed by atoms with Crippen LogP contribution < -0.4 is 5.32 Å². The van der Waals surface area contributed by atoms with Crippen LogP contribution in [0.3, 0.4) is 0 Å². The second-order valence-corrected chi connectivity index (χ2v) is 26.7. The second kappa shape index (κ2) is 57.6. The predicted molar refractivity (Wildman–Crippen MR) is 378 cm³/mol. The van der Waals surface area contributed by atoms with Crippen LogP contribution >= 0.6 is 0 Å². The topological polar surface area (TPSA) is 307 Å². The molecule has 0 radical (unpaired) electrons. The number of hydrogen-bond donors (Lipinski definition) is 12. The van der Waals surface area contributed by atoms with Crippen LogP contribution in [0.1, 0.15) is 264 Å². The van der Waals surface area contributed by atoms with Gasteiger partial charge in [0.2, 0.25) is 5.91 Å². The predicted octanol–water partition coefficient (Wildman–Crippen LogP) is 11.4. The summed E-state index contributed by atoms with van der Waals surface area (Å²) in [6, 6.07) is -0.901. The molecule has 0 saturated carbocycles. The van der Waals surface area contributed by atoms with E-state index in [-0.39, 0.29) is 18.9 Å². The van der Waals surface area contributed by atoms with Gasteiger partial charge in [-0.1, -0.05) is 272 Å². The van der Waals surface area contributed by atoms with E-state index < -0.39 is 124 Å². The van der Waals surface area contributed by atoms with Crippen molar-refractivity contribution in [2.45, 2.75) is 369 Å². The molecular formula is C77H135NO18. The molecule has 3 saturated heterocycles. The molecular weight excluding hydrogens is 1230 g/mol. The maximum absolute atomic E-state index is 13.5. The van der Waals surface area contributed by atoms with Crippen molar-refractivity contribution in [3.63, 3.8) is 0 Å². The Bertz CT molecular complexity index is 2070. The number of nitrogens with one attached hydrogen (secondary N) is 1. The van der Waals surface area contributed by atoms with E-state index in [1.165, 1.54) is 116 Å². The van der Waals surface area contributed by atoms with E-state index >= 15 is 0 Å². The first-order chi connectivity index (χ1) is 46.8. The highest BCUT2D eigenvalue weighted by Crippen LogP contribution is 2.33. The Morgan fingerprint density at radius 2 is 0.719 bits per heavy atom. The van der Waals surface area contributed by atoms with Gasteiger partial charge in [0.1, 0.15) is 73.2 Å². The van der Waals surface area contributed by atoms with E-state index in [9.17, 15) is 61.0 Å². The monoisotopic (exact) mass is 1360 g/mol. The maximum atomic E-state index is 13.5. The molecule has 17 atom stereocenters. The fourth-order valence-electron chi connectivity index (χ4n) is 12.4. The van der Waals surface area contributed by atoms with Gasteiger partial charge in [-0.3, -0.25) is 4.79 Å². The zero-order valence-electron chi connectivity index (χ0n) is 59.1. The minimum atomic E-state index is -1.98. The molecule has 17 unspecified atom stereocenters. The van der Waals surface area contributed by atoms with E-state index in [0.29, 0.717) is 12.8 Å². The Morgan fingerprint density at radius 1 is 0.385 bits per heavy atom. The molecule has 96 heavy (non-hydrogen) atoms. The second-order valence-electron chi connectivity index (χ2n) is 26.7. The van der Waals surface area contributed by atoms with Crippen molar-refractivity contribution < 1.29 is 89.4 Å². The van der Waals surface area contributed by atoms with Crippen LogP contribution in [0.15, 0.2) is 85.1 Å². The third-order valence-corrected chi connectivity index (χ3v) is 18.5. The number of allylic oxidation sites excluding steroid dienone is 14. The summed E-state index contributed by atoms with van der Waals surface area (Å²) in [5.41, 5.74) is 0. The summed E-state index contributed by atoms with van der Waals surface area (Å²) in [4.78, 5) is 13.5. The number of hydrogen-bond acceptors (Lipinski definition) is 18. The number of carbonyl (C=O) groups excluding carboxylic acids is 1. The largest absolute Gasteiger partial charge is 0.394 e. The van der Waals surface area contributed by atoms with Gasteiger partial charge in [-0.05, 0) is 70.6 Å². The normalized spacial score (nSPS) is 27.5. The van der Waals surface area contributed by atoms with Crippen molar-refractivity contribution >= 4 is 5.91 Å². The van der Waals surface area contributed by atoms with E-state index in [4.69, 9.17) is 28.4 Å². The van der Waals surface area contributed by atoms with Gasteiger partial charge >= 0.3 is 0 Å². The van der Waals surface area contributed by atoms with Crippen molar-refractivity contribution in [3.8, 4) is 0 Å². The van der Waals surface area contributed by atoms with Gasteiger partial charge in [0, 0.05) is 6.42 Å². The summed E-state index contributed by atoms with van der Waals surface area (Å²) in [6.45, 7) is 1.69. The molecule has 3 heterocycles. The molecule has 3 aliphatic heterocycles. The molecule has 19 heteroatoms. The summed E-state index contributed by atoms with van der Waals surface area (Å²) in [5, 5.41) is 121. The van der Waals surface area contributed by atoms with Crippen LogP contribution in [0.5, 0.6) is 0 Å². The van der Waals surface area contributed by atoms with Crippen LogP contribution in [0.4, 0.5) is 0 Å². The average Bonchev–Trinajstić information content (AvgIpc) is 0.787. The smallest absolute Gasteiger partial charge is 0.220 e. The fraction of sp³-hybridized carbons (Fsp3) is 0.805. The number of unbranched alkanes of at least 4 members (excludes halogenated alkanes) is 28. The van der Waals surface area contributed by atoms with Crippen molar-refractivity contribution in [2.24, 2.45) is 0 Å². The lowest BCUT2D eigenvalue weighted by Gasteiger charge is -2.48. The van der Waals surface area contributed by atoms with Crippen LogP contribution in [0, 0.1) is 0 Å². The average molecular weight is 1360 g/mol. The van der Waals surface area contributed by atoms with E-state index in [2.05, 4.69) is 104 Å². The lowest BCUT2D eigenvalue weighted by atomic mass is 9.96. The first-order valence-corrected chi connectivity index (χ1v) is 37.8. The first-order valence-electron chi connectivity index (χ1n) is 37.8. The Balaban J connectivity index is 1.41. The Hall–Kier alpha value is -3.03. The van der Waals surface area contributed by atoms with Crippen LogP contribution in [0.25, 0.3) is 0 Å².